The molecule has 11 nitrogen and oxygen atoms in total. The lowest BCUT2D eigenvalue weighted by molar-refractivity contribution is -0.0435. The van der Waals surface area contributed by atoms with E-state index in [2.05, 4.69) is 48.0 Å². The lowest BCUT2D eigenvalue weighted by Crippen LogP contribution is -2.46. The van der Waals surface area contributed by atoms with Gasteiger partial charge in [-0.1, -0.05) is 66.2 Å². The van der Waals surface area contributed by atoms with Crippen LogP contribution in [0.5, 0.6) is 0 Å². The Labute approximate surface area is 381 Å². The molecule has 3 heterocycles. The molecule has 0 spiro atoms. The molecule has 2 aliphatic rings. The van der Waals surface area contributed by atoms with Crippen LogP contribution in [0.4, 0.5) is 24.7 Å². The van der Waals surface area contributed by atoms with Crippen LogP contribution >= 0.6 is 35.0 Å². The van der Waals surface area contributed by atoms with Crippen molar-refractivity contribution in [2.24, 2.45) is 0 Å². The standard InChI is InChI=1S/C44H48Cl2F3N7O4S3/c1-54(2)22-18-33(29-61-35-9-4-3-5-10-35)50-39-17-16-36(26-41(39)62(57,58)44(47,48)49)63(59,60)53-42-38-21-25-56(28-40(38)51-43(46)52-42)34-19-23-55(24-20-34)27-31-8-6-7-11-37(31)30-12-14-32(45)15-13-30/h3-17,26,33-34,50H,18-25,27-29H2,1-2H3,(H,51,52,53). The molecule has 0 saturated carbocycles. The number of benzene rings is 4. The van der Waals surface area contributed by atoms with Gasteiger partial charge in [0.1, 0.15) is 10.7 Å². The lowest BCUT2D eigenvalue weighted by Gasteiger charge is -2.40. The van der Waals surface area contributed by atoms with Crippen LogP contribution in [0.2, 0.25) is 10.3 Å². The third kappa shape index (κ3) is 11.7. The molecule has 5 aromatic rings. The summed E-state index contributed by atoms with van der Waals surface area (Å²) in [5.41, 5.74) is -1.51. The second-order valence-electron chi connectivity index (χ2n) is 15.9. The number of sulfonamides is 1. The number of fused-ring (bicyclic) bond motifs is 1. The Bertz CT molecular complexity index is 2600. The van der Waals surface area contributed by atoms with Gasteiger partial charge in [-0.2, -0.15) is 18.2 Å². The second kappa shape index (κ2) is 20.1. The third-order valence-corrected chi connectivity index (χ3v) is 15.7. The highest BCUT2D eigenvalue weighted by Crippen LogP contribution is 2.38. The molecule has 2 N–H and O–H groups in total. The van der Waals surface area contributed by atoms with E-state index in [1.54, 1.807) is 0 Å². The van der Waals surface area contributed by atoms with Gasteiger partial charge in [0.05, 0.1) is 16.3 Å². The fourth-order valence-corrected chi connectivity index (χ4v) is 11.3. The molecule has 1 fully saturated rings. The summed E-state index contributed by atoms with van der Waals surface area (Å²) in [6.07, 6.45) is 2.65. The number of thioether (sulfide) groups is 1. The van der Waals surface area contributed by atoms with E-state index in [1.165, 1.54) is 22.9 Å². The van der Waals surface area contributed by atoms with Crippen LogP contribution in [0.1, 0.15) is 36.1 Å². The molecule has 2 aliphatic heterocycles. The van der Waals surface area contributed by atoms with E-state index in [9.17, 15) is 30.0 Å². The first-order valence-corrected chi connectivity index (χ1v) is 25.1. The molecule has 19 heteroatoms. The maximum atomic E-state index is 14.2. The first kappa shape index (κ1) is 47.0. The normalized spacial score (nSPS) is 16.2. The first-order valence-electron chi connectivity index (χ1n) is 20.4. The smallest absolute Gasteiger partial charge is 0.380 e. The number of hydrogen-bond donors (Lipinski definition) is 2. The highest BCUT2D eigenvalue weighted by molar-refractivity contribution is 7.99. The number of rotatable bonds is 16. The zero-order valence-corrected chi connectivity index (χ0v) is 38.6. The number of aromatic nitrogens is 2. The summed E-state index contributed by atoms with van der Waals surface area (Å²) in [5.74, 6) is 0.283. The largest absolute Gasteiger partial charge is 0.501 e. The minimum absolute atomic E-state index is 0.108. The summed E-state index contributed by atoms with van der Waals surface area (Å²) in [7, 11) is -7.00. The average Bonchev–Trinajstić information content (AvgIpc) is 3.25. The van der Waals surface area contributed by atoms with E-state index in [-0.39, 0.29) is 22.8 Å². The molecule has 0 aliphatic carbocycles. The van der Waals surface area contributed by atoms with Gasteiger partial charge < -0.3 is 10.2 Å². The molecule has 1 aromatic heterocycles. The SMILES string of the molecule is CN(C)CCC(CSc1ccccc1)Nc1ccc(S(=O)(=O)Nc2nc(Cl)nc3c2CCN(C2CCN(Cc4ccccc4-c4ccc(Cl)cc4)CC2)C3)cc1S(=O)(=O)C(F)(F)F. The van der Waals surface area contributed by atoms with E-state index in [0.29, 0.717) is 60.6 Å². The van der Waals surface area contributed by atoms with E-state index in [1.807, 2.05) is 79.7 Å². The van der Waals surface area contributed by atoms with Crippen molar-refractivity contribution in [3.8, 4) is 11.1 Å². The monoisotopic (exact) mass is 961 g/mol. The molecular formula is C44H48Cl2F3N7O4S3. The Morgan fingerprint density at radius 2 is 1.59 bits per heavy atom. The number of anilines is 2. The Morgan fingerprint density at radius 1 is 0.889 bits per heavy atom. The van der Waals surface area contributed by atoms with Crippen molar-refractivity contribution in [1.29, 1.82) is 0 Å². The topological polar surface area (TPSA) is 128 Å². The number of nitrogens with zero attached hydrogens (tertiary/aromatic N) is 5. The Kier molecular flexibility index (Phi) is 15.0. The van der Waals surface area contributed by atoms with Gasteiger partial charge in [-0.05, 0) is 130 Å². The summed E-state index contributed by atoms with van der Waals surface area (Å²) in [6.45, 7) is 4.08. The summed E-state index contributed by atoms with van der Waals surface area (Å²) in [6, 6.07) is 28.0. The van der Waals surface area contributed by atoms with Gasteiger partial charge in [0, 0.05) is 53.0 Å². The van der Waals surface area contributed by atoms with Crippen LogP contribution in [0.15, 0.2) is 112 Å². The summed E-state index contributed by atoms with van der Waals surface area (Å²) >= 11 is 14.0. The van der Waals surface area contributed by atoms with E-state index < -0.39 is 41.2 Å². The molecule has 0 amide bonds. The number of nitrogens with one attached hydrogen (secondary N) is 2. The van der Waals surface area contributed by atoms with Crippen molar-refractivity contribution in [3.63, 3.8) is 0 Å². The highest BCUT2D eigenvalue weighted by Gasteiger charge is 2.48. The van der Waals surface area contributed by atoms with E-state index in [4.69, 9.17) is 23.2 Å². The fraction of sp³-hybridized carbons (Fsp3) is 0.364. The van der Waals surface area contributed by atoms with Gasteiger partial charge in [0.2, 0.25) is 5.28 Å². The summed E-state index contributed by atoms with van der Waals surface area (Å²) in [4.78, 5) is 14.3. The summed E-state index contributed by atoms with van der Waals surface area (Å²) in [5, 5.41) is 3.47. The first-order chi connectivity index (χ1) is 30.0. The van der Waals surface area contributed by atoms with Gasteiger partial charge in [0.25, 0.3) is 19.9 Å². The number of alkyl halides is 3. The summed E-state index contributed by atoms with van der Waals surface area (Å²) < 4.78 is 99.0. The van der Waals surface area contributed by atoms with Crippen molar-refractivity contribution in [2.75, 3.05) is 56.1 Å². The number of likely N-dealkylation sites (tertiary alicyclic amines) is 1. The molecule has 0 bridgehead atoms. The van der Waals surface area contributed by atoms with Crippen LogP contribution in [-0.2, 0) is 39.4 Å². The average molecular weight is 963 g/mol. The van der Waals surface area contributed by atoms with Crippen molar-refractivity contribution in [3.05, 3.63) is 124 Å². The number of hydrogen-bond acceptors (Lipinski definition) is 11. The van der Waals surface area contributed by atoms with Crippen molar-refractivity contribution < 1.29 is 30.0 Å². The van der Waals surface area contributed by atoms with E-state index >= 15 is 0 Å². The molecule has 0 radical (unpaired) electrons. The van der Waals surface area contributed by atoms with Gasteiger partial charge >= 0.3 is 5.51 Å². The molecule has 336 valence electrons. The number of piperidine rings is 1. The lowest BCUT2D eigenvalue weighted by atomic mass is 9.96. The predicted molar refractivity (Wildman–Crippen MR) is 245 cm³/mol. The zero-order valence-electron chi connectivity index (χ0n) is 34.7. The molecular weight excluding hydrogens is 915 g/mol. The van der Waals surface area contributed by atoms with Crippen LogP contribution in [0, 0.1) is 0 Å². The molecule has 4 aromatic carbocycles. The molecule has 1 atom stereocenters. The molecule has 1 unspecified atom stereocenters. The van der Waals surface area contributed by atoms with Crippen LogP contribution in [0.3, 0.4) is 0 Å². The third-order valence-electron chi connectivity index (χ3n) is 11.3. The minimum Gasteiger partial charge on any atom is -0.380 e. The van der Waals surface area contributed by atoms with Gasteiger partial charge in [-0.25, -0.2) is 21.8 Å². The van der Waals surface area contributed by atoms with Crippen LogP contribution in [0.25, 0.3) is 11.1 Å². The van der Waals surface area contributed by atoms with Gasteiger partial charge in [-0.15, -0.1) is 11.8 Å². The minimum atomic E-state index is -6.01. The Balaban J connectivity index is 1.06. The Hall–Kier alpha value is -3.94. The fourth-order valence-electron chi connectivity index (χ4n) is 7.94. The van der Waals surface area contributed by atoms with Gasteiger partial charge in [-0.3, -0.25) is 14.5 Å². The maximum Gasteiger partial charge on any atom is 0.501 e. The number of sulfone groups is 1. The highest BCUT2D eigenvalue weighted by atomic mass is 35.5. The number of halogens is 5. The van der Waals surface area contributed by atoms with Crippen molar-refractivity contribution in [1.82, 2.24) is 24.7 Å². The maximum absolute atomic E-state index is 14.2. The second-order valence-corrected chi connectivity index (χ2v) is 21.4. The zero-order chi connectivity index (χ0) is 44.9. The predicted octanol–water partition coefficient (Wildman–Crippen LogP) is 9.09. The van der Waals surface area contributed by atoms with Crippen molar-refractivity contribution >= 4 is 66.3 Å². The van der Waals surface area contributed by atoms with Crippen LogP contribution < -0.4 is 10.0 Å². The van der Waals surface area contributed by atoms with Crippen molar-refractivity contribution in [2.45, 2.75) is 71.1 Å². The molecule has 63 heavy (non-hydrogen) atoms. The molecule has 7 rings (SSSR count). The Morgan fingerprint density at radius 3 is 2.29 bits per heavy atom. The quantitative estimate of drug-likeness (QED) is 0.0727. The van der Waals surface area contributed by atoms with E-state index in [0.717, 1.165) is 55.1 Å². The molecule has 1 saturated heterocycles. The van der Waals surface area contributed by atoms with Crippen LogP contribution in [-0.4, -0.2) is 105 Å². The van der Waals surface area contributed by atoms with Gasteiger partial charge in [0.15, 0.2) is 0 Å².